The lowest BCUT2D eigenvalue weighted by Crippen LogP contribution is -2.17. The average molecular weight is 559 g/mol. The van der Waals surface area contributed by atoms with Crippen LogP contribution in [0.25, 0.3) is 11.3 Å². The normalized spacial score (nSPS) is 14.7. The zero-order chi connectivity index (χ0) is 27.8. The van der Waals surface area contributed by atoms with Gasteiger partial charge in [0.05, 0.1) is 42.9 Å². The molecule has 206 valence electrons. The first-order valence-electron chi connectivity index (χ1n) is 13.2. The van der Waals surface area contributed by atoms with Crippen LogP contribution in [-0.4, -0.2) is 56.4 Å². The van der Waals surface area contributed by atoms with Gasteiger partial charge in [-0.3, -0.25) is 9.48 Å². The van der Waals surface area contributed by atoms with Crippen molar-refractivity contribution in [3.8, 4) is 22.8 Å². The van der Waals surface area contributed by atoms with E-state index in [9.17, 15) is 4.79 Å². The number of pyridine rings is 1. The first-order valence-corrected chi connectivity index (χ1v) is 14.6. The molecule has 3 heterocycles. The van der Waals surface area contributed by atoms with Gasteiger partial charge in [0.1, 0.15) is 11.6 Å². The van der Waals surface area contributed by atoms with Crippen molar-refractivity contribution in [1.29, 1.82) is 0 Å². The SMILES string of the molecule is COc1ccc(Nc2cc(Nc3cccc(-c4cc(P(C5CC5)C5CC5)n(C)n4)c3OC)c(C(N)=O)nn2)nc1. The maximum atomic E-state index is 12.2. The quantitative estimate of drug-likeness (QED) is 0.230. The molecule has 4 N–H and O–H groups in total. The number of anilines is 4. The van der Waals surface area contributed by atoms with Crippen LogP contribution in [0, 0.1) is 0 Å². The molecule has 0 aliphatic heterocycles. The number of methoxy groups -OCH3 is 2. The van der Waals surface area contributed by atoms with Crippen molar-refractivity contribution in [3.05, 3.63) is 54.4 Å². The van der Waals surface area contributed by atoms with Gasteiger partial charge in [-0.2, -0.15) is 5.10 Å². The van der Waals surface area contributed by atoms with Crippen molar-refractivity contribution < 1.29 is 14.3 Å². The van der Waals surface area contributed by atoms with Crippen LogP contribution in [0.3, 0.4) is 0 Å². The summed E-state index contributed by atoms with van der Waals surface area (Å²) in [4.78, 5) is 16.5. The Bertz CT molecular complexity index is 1540. The summed E-state index contributed by atoms with van der Waals surface area (Å²) in [6.07, 6.45) is 6.92. The van der Waals surface area contributed by atoms with E-state index in [4.69, 9.17) is 20.3 Å². The maximum Gasteiger partial charge on any atom is 0.271 e. The molecule has 2 saturated carbocycles. The van der Waals surface area contributed by atoms with Crippen LogP contribution in [0.2, 0.25) is 0 Å². The van der Waals surface area contributed by atoms with E-state index in [2.05, 4.69) is 36.6 Å². The van der Waals surface area contributed by atoms with Crippen LogP contribution >= 0.6 is 7.92 Å². The Balaban J connectivity index is 1.32. The molecule has 0 bridgehead atoms. The number of para-hydroxylation sites is 1. The Morgan fingerprint density at radius 1 is 0.975 bits per heavy atom. The maximum absolute atomic E-state index is 12.2. The summed E-state index contributed by atoms with van der Waals surface area (Å²) in [5.41, 5.74) is 11.4. The van der Waals surface area contributed by atoms with Gasteiger partial charge in [-0.15, -0.1) is 10.2 Å². The summed E-state index contributed by atoms with van der Waals surface area (Å²) in [7, 11) is 5.06. The molecule has 3 aromatic heterocycles. The van der Waals surface area contributed by atoms with Gasteiger partial charge in [-0.25, -0.2) is 4.98 Å². The molecule has 0 spiro atoms. The third kappa shape index (κ3) is 5.29. The molecule has 0 saturated heterocycles. The van der Waals surface area contributed by atoms with Crippen molar-refractivity contribution in [2.24, 2.45) is 12.8 Å². The highest BCUT2D eigenvalue weighted by Gasteiger charge is 2.43. The number of aromatic nitrogens is 5. The minimum Gasteiger partial charge on any atom is -0.495 e. The number of carbonyl (C=O) groups is 1. The number of carbonyl (C=O) groups excluding carboxylic acids is 1. The number of ether oxygens (including phenoxy) is 2. The number of rotatable bonds is 11. The fourth-order valence-electron chi connectivity index (χ4n) is 4.85. The van der Waals surface area contributed by atoms with Crippen LogP contribution in [0.15, 0.2) is 48.7 Å². The zero-order valence-corrected chi connectivity index (χ0v) is 23.5. The monoisotopic (exact) mass is 558 g/mol. The summed E-state index contributed by atoms with van der Waals surface area (Å²) in [6, 6.07) is 13.2. The highest BCUT2D eigenvalue weighted by Crippen LogP contribution is 2.63. The highest BCUT2D eigenvalue weighted by atomic mass is 31.1. The summed E-state index contributed by atoms with van der Waals surface area (Å²) in [5.74, 6) is 1.45. The highest BCUT2D eigenvalue weighted by molar-refractivity contribution is 7.67. The van der Waals surface area contributed by atoms with Crippen molar-refractivity contribution in [1.82, 2.24) is 25.0 Å². The number of nitrogens with one attached hydrogen (secondary N) is 2. The predicted molar refractivity (Wildman–Crippen MR) is 156 cm³/mol. The van der Waals surface area contributed by atoms with Gasteiger partial charge in [0.15, 0.2) is 17.3 Å². The van der Waals surface area contributed by atoms with Crippen molar-refractivity contribution >= 4 is 42.3 Å². The minimum atomic E-state index is -0.706. The molecule has 11 nitrogen and oxygen atoms in total. The van der Waals surface area contributed by atoms with Gasteiger partial charge in [-0.05, 0) is 75.3 Å². The van der Waals surface area contributed by atoms with Crippen molar-refractivity contribution in [2.45, 2.75) is 37.0 Å². The predicted octanol–water partition coefficient (Wildman–Crippen LogP) is 4.31. The molecular formula is C28H31N8O3P. The number of nitrogens with two attached hydrogens (primary N) is 1. The van der Waals surface area contributed by atoms with E-state index in [0.29, 0.717) is 34.5 Å². The lowest BCUT2D eigenvalue weighted by atomic mass is 10.1. The number of benzene rings is 1. The molecule has 0 radical (unpaired) electrons. The molecule has 0 atom stereocenters. The Labute approximate surface area is 233 Å². The van der Waals surface area contributed by atoms with Crippen molar-refractivity contribution in [2.75, 3.05) is 24.9 Å². The number of hydrogen-bond acceptors (Lipinski definition) is 9. The lowest BCUT2D eigenvalue weighted by Gasteiger charge is -2.16. The summed E-state index contributed by atoms with van der Waals surface area (Å²) in [6.45, 7) is 0. The van der Waals surface area contributed by atoms with E-state index in [0.717, 1.165) is 22.6 Å². The summed E-state index contributed by atoms with van der Waals surface area (Å²) >= 11 is 0. The van der Waals surface area contributed by atoms with Crippen LogP contribution in [0.1, 0.15) is 36.2 Å². The van der Waals surface area contributed by atoms with E-state index < -0.39 is 5.91 Å². The topological polar surface area (TPSA) is 142 Å². The number of primary amides is 1. The number of amides is 1. The molecule has 2 aliphatic rings. The second kappa shape index (κ2) is 10.7. The lowest BCUT2D eigenvalue weighted by molar-refractivity contribution is 0.0995. The van der Waals surface area contributed by atoms with Crippen LogP contribution in [-0.2, 0) is 7.05 Å². The largest absolute Gasteiger partial charge is 0.495 e. The molecule has 6 rings (SSSR count). The number of hydrogen-bond donors (Lipinski definition) is 3. The molecule has 12 heteroatoms. The van der Waals surface area contributed by atoms with Gasteiger partial charge in [0.25, 0.3) is 5.91 Å². The standard InChI is InChI=1S/C28H31N8O3P/c1-36-25(40(17-8-9-17)18-10-11-18)14-21(35-36)19-5-4-6-20(27(19)39-3)31-22-13-24(33-34-26(22)28(29)37)32-23-12-7-16(38-2)15-30-23/h4-7,12-15,17-18H,8-11H2,1-3H3,(H2,29,37)(H2,30,31,32,33). The van der Waals surface area contributed by atoms with Gasteiger partial charge >= 0.3 is 0 Å². The smallest absolute Gasteiger partial charge is 0.271 e. The summed E-state index contributed by atoms with van der Waals surface area (Å²) in [5, 5.41) is 19.4. The first-order chi connectivity index (χ1) is 19.4. The molecule has 4 aromatic rings. The van der Waals surface area contributed by atoms with Crippen LogP contribution in [0.5, 0.6) is 11.5 Å². The van der Waals surface area contributed by atoms with Crippen LogP contribution in [0.4, 0.5) is 23.0 Å². The minimum absolute atomic E-state index is 0.000303. The zero-order valence-electron chi connectivity index (χ0n) is 22.6. The number of aryl methyl sites for hydroxylation is 1. The Morgan fingerprint density at radius 2 is 1.75 bits per heavy atom. The summed E-state index contributed by atoms with van der Waals surface area (Å²) < 4.78 is 13.1. The van der Waals surface area contributed by atoms with E-state index >= 15 is 0 Å². The molecule has 2 aliphatic carbocycles. The van der Waals surface area contributed by atoms with Gasteiger partial charge < -0.3 is 25.8 Å². The van der Waals surface area contributed by atoms with Gasteiger partial charge in [-0.1, -0.05) is 6.07 Å². The third-order valence-corrected chi connectivity index (χ3v) is 10.6. The number of nitrogens with zero attached hydrogens (tertiary/aromatic N) is 5. The van der Waals surface area contributed by atoms with Crippen LogP contribution < -0.4 is 31.3 Å². The molecule has 1 aromatic carbocycles. The Kier molecular flexibility index (Phi) is 6.98. The molecule has 40 heavy (non-hydrogen) atoms. The van der Waals surface area contributed by atoms with E-state index in [-0.39, 0.29) is 13.6 Å². The first kappa shape index (κ1) is 26.0. The third-order valence-electron chi connectivity index (χ3n) is 7.02. The molecular weight excluding hydrogens is 527 g/mol. The Morgan fingerprint density at radius 3 is 2.38 bits per heavy atom. The second-order valence-corrected chi connectivity index (χ2v) is 12.7. The Hall–Kier alpha value is -4.24. The fraction of sp³-hybridized carbons (Fsp3) is 0.321. The van der Waals surface area contributed by atoms with Gasteiger partial charge in [0, 0.05) is 18.7 Å². The van der Waals surface area contributed by atoms with E-state index in [1.807, 2.05) is 25.2 Å². The molecule has 2 fully saturated rings. The van der Waals surface area contributed by atoms with Gasteiger partial charge in [0.2, 0.25) is 0 Å². The van der Waals surface area contributed by atoms with E-state index in [1.165, 1.54) is 31.1 Å². The fourth-order valence-corrected chi connectivity index (χ4v) is 8.25. The van der Waals surface area contributed by atoms with E-state index in [1.54, 1.807) is 38.6 Å². The van der Waals surface area contributed by atoms with Crippen molar-refractivity contribution in [3.63, 3.8) is 0 Å². The average Bonchev–Trinajstić information content (AvgIpc) is 3.89. The molecule has 0 unspecified atom stereocenters. The second-order valence-electron chi connectivity index (χ2n) is 9.96. The molecule has 1 amide bonds.